The number of hydrogen-bond acceptors (Lipinski definition) is 4. The lowest BCUT2D eigenvalue weighted by atomic mass is 10.2. The van der Waals surface area contributed by atoms with Crippen molar-refractivity contribution in [3.8, 4) is 17.2 Å². The number of ether oxygens (including phenoxy) is 3. The number of hydrogen-bond donors (Lipinski definition) is 1. The fraction of sp³-hybridized carbons (Fsp3) is 0.125. The Morgan fingerprint density at radius 2 is 1.67 bits per heavy atom. The van der Waals surface area contributed by atoms with Crippen molar-refractivity contribution in [2.45, 2.75) is 6.61 Å². The normalized spacial score (nSPS) is 10.6. The molecule has 154 valence electrons. The highest BCUT2D eigenvalue weighted by atomic mass is 35.5. The molecule has 3 rings (SSSR count). The first-order chi connectivity index (χ1) is 14.6. The Kier molecular flexibility index (Phi) is 7.35. The molecule has 0 fully saturated rings. The van der Waals surface area contributed by atoms with Crippen molar-refractivity contribution in [1.82, 2.24) is 0 Å². The molecule has 0 bridgehead atoms. The summed E-state index contributed by atoms with van der Waals surface area (Å²) in [5, 5.41) is 3.48. The minimum Gasteiger partial charge on any atom is -0.497 e. The molecular formula is C24H22ClNO4. The SMILES string of the molecule is COc1ccc(NC(=O)C=Cc2ccc(OCc3ccc(Cl)cc3)c(OC)c2)cc1. The molecule has 0 radical (unpaired) electrons. The van der Waals surface area contributed by atoms with E-state index in [1.165, 1.54) is 6.08 Å². The first-order valence-electron chi connectivity index (χ1n) is 9.26. The molecule has 5 nitrogen and oxygen atoms in total. The van der Waals surface area contributed by atoms with Crippen LogP contribution < -0.4 is 19.5 Å². The van der Waals surface area contributed by atoms with Crippen LogP contribution in [0, 0.1) is 0 Å². The Hall–Kier alpha value is -3.44. The number of methoxy groups -OCH3 is 2. The lowest BCUT2D eigenvalue weighted by molar-refractivity contribution is -0.111. The van der Waals surface area contributed by atoms with Crippen LogP contribution >= 0.6 is 11.6 Å². The van der Waals surface area contributed by atoms with E-state index in [1.54, 1.807) is 44.6 Å². The molecule has 0 atom stereocenters. The largest absolute Gasteiger partial charge is 0.497 e. The highest BCUT2D eigenvalue weighted by molar-refractivity contribution is 6.30. The summed E-state index contributed by atoms with van der Waals surface area (Å²) in [7, 11) is 3.17. The maximum atomic E-state index is 12.2. The topological polar surface area (TPSA) is 56.8 Å². The Bertz CT molecular complexity index is 1010. The van der Waals surface area contributed by atoms with Crippen LogP contribution in [0.1, 0.15) is 11.1 Å². The third kappa shape index (κ3) is 6.03. The first-order valence-corrected chi connectivity index (χ1v) is 9.63. The molecule has 1 amide bonds. The van der Waals surface area contributed by atoms with Crippen molar-refractivity contribution in [1.29, 1.82) is 0 Å². The molecule has 3 aromatic rings. The van der Waals surface area contributed by atoms with Crippen molar-refractivity contribution >= 4 is 29.3 Å². The van der Waals surface area contributed by atoms with Crippen LogP contribution in [0.15, 0.2) is 72.8 Å². The van der Waals surface area contributed by atoms with Crippen LogP contribution in [0.5, 0.6) is 17.2 Å². The van der Waals surface area contributed by atoms with Crippen molar-refractivity contribution < 1.29 is 19.0 Å². The van der Waals surface area contributed by atoms with E-state index in [4.69, 9.17) is 25.8 Å². The van der Waals surface area contributed by atoms with E-state index in [0.29, 0.717) is 28.8 Å². The van der Waals surface area contributed by atoms with Gasteiger partial charge < -0.3 is 19.5 Å². The predicted octanol–water partition coefficient (Wildman–Crippen LogP) is 5.59. The van der Waals surface area contributed by atoms with E-state index in [-0.39, 0.29) is 5.91 Å². The monoisotopic (exact) mass is 423 g/mol. The maximum Gasteiger partial charge on any atom is 0.248 e. The number of carbonyl (C=O) groups excluding carboxylic acids is 1. The maximum absolute atomic E-state index is 12.2. The lowest BCUT2D eigenvalue weighted by Crippen LogP contribution is -2.07. The summed E-state index contributed by atoms with van der Waals surface area (Å²) in [6, 6.07) is 20.1. The molecule has 0 saturated carbocycles. The van der Waals surface area contributed by atoms with Crippen molar-refractivity contribution in [2.75, 3.05) is 19.5 Å². The quantitative estimate of drug-likeness (QED) is 0.480. The van der Waals surface area contributed by atoms with Crippen LogP contribution in [0.4, 0.5) is 5.69 Å². The summed E-state index contributed by atoms with van der Waals surface area (Å²) >= 11 is 5.90. The molecule has 30 heavy (non-hydrogen) atoms. The minimum absolute atomic E-state index is 0.234. The Morgan fingerprint density at radius 3 is 2.33 bits per heavy atom. The third-order valence-electron chi connectivity index (χ3n) is 4.28. The third-order valence-corrected chi connectivity index (χ3v) is 4.53. The predicted molar refractivity (Wildman–Crippen MR) is 119 cm³/mol. The molecule has 3 aromatic carbocycles. The number of amides is 1. The molecule has 6 heteroatoms. The van der Waals surface area contributed by atoms with Gasteiger partial charge >= 0.3 is 0 Å². The van der Waals surface area contributed by atoms with E-state index in [0.717, 1.165) is 16.9 Å². The molecule has 1 N–H and O–H groups in total. The van der Waals surface area contributed by atoms with E-state index >= 15 is 0 Å². The molecule has 0 saturated heterocycles. The molecular weight excluding hydrogens is 402 g/mol. The van der Waals surface area contributed by atoms with Crippen molar-refractivity contribution in [3.05, 3.63) is 89.0 Å². The van der Waals surface area contributed by atoms with Gasteiger partial charge in [-0.15, -0.1) is 0 Å². The number of nitrogens with one attached hydrogen (secondary N) is 1. The minimum atomic E-state index is -0.234. The number of halogens is 1. The Labute approximate surface area is 180 Å². The van der Waals surface area contributed by atoms with Crippen LogP contribution in [0.3, 0.4) is 0 Å². The van der Waals surface area contributed by atoms with Crippen LogP contribution in [0.2, 0.25) is 5.02 Å². The molecule has 0 aliphatic heterocycles. The zero-order chi connectivity index (χ0) is 21.3. The fourth-order valence-corrected chi connectivity index (χ4v) is 2.80. The smallest absolute Gasteiger partial charge is 0.248 e. The standard InChI is InChI=1S/C24H22ClNO4/c1-28-21-11-9-20(10-12-21)26-24(27)14-6-17-5-13-22(23(15-17)29-2)30-16-18-3-7-19(25)8-4-18/h3-15H,16H2,1-2H3,(H,26,27). The van der Waals surface area contributed by atoms with E-state index in [2.05, 4.69) is 5.32 Å². The number of anilines is 1. The summed E-state index contributed by atoms with van der Waals surface area (Å²) in [5.74, 6) is 1.70. The number of rotatable bonds is 8. The average Bonchev–Trinajstić information content (AvgIpc) is 2.78. The summed E-state index contributed by atoms with van der Waals surface area (Å²) < 4.78 is 16.4. The van der Waals surface area contributed by atoms with Gasteiger partial charge in [-0.3, -0.25) is 4.79 Å². The summed E-state index contributed by atoms with van der Waals surface area (Å²) in [6.07, 6.45) is 3.18. The van der Waals surface area contributed by atoms with Crippen molar-refractivity contribution in [2.24, 2.45) is 0 Å². The van der Waals surface area contributed by atoms with Crippen LogP contribution in [-0.2, 0) is 11.4 Å². The van der Waals surface area contributed by atoms with Gasteiger partial charge in [-0.2, -0.15) is 0 Å². The summed E-state index contributed by atoms with van der Waals surface area (Å²) in [5.41, 5.74) is 2.50. The molecule has 0 aliphatic rings. The molecule has 0 aliphatic carbocycles. The van der Waals surface area contributed by atoms with Crippen molar-refractivity contribution in [3.63, 3.8) is 0 Å². The Balaban J connectivity index is 1.61. The van der Waals surface area contributed by atoms with Gasteiger partial charge in [-0.25, -0.2) is 0 Å². The van der Waals surface area contributed by atoms with Crippen LogP contribution in [-0.4, -0.2) is 20.1 Å². The lowest BCUT2D eigenvalue weighted by Gasteiger charge is -2.11. The van der Waals surface area contributed by atoms with E-state index in [1.807, 2.05) is 42.5 Å². The van der Waals surface area contributed by atoms with Crippen LogP contribution in [0.25, 0.3) is 6.08 Å². The van der Waals surface area contributed by atoms with E-state index < -0.39 is 0 Å². The number of carbonyl (C=O) groups is 1. The summed E-state index contributed by atoms with van der Waals surface area (Å²) in [4.78, 5) is 12.2. The second-order valence-electron chi connectivity index (χ2n) is 6.38. The van der Waals surface area contributed by atoms with Gasteiger partial charge in [0.1, 0.15) is 12.4 Å². The van der Waals surface area contributed by atoms with Gasteiger partial charge in [0.05, 0.1) is 14.2 Å². The molecule has 0 unspecified atom stereocenters. The molecule has 0 spiro atoms. The Morgan fingerprint density at radius 1 is 0.933 bits per heavy atom. The zero-order valence-corrected chi connectivity index (χ0v) is 17.5. The zero-order valence-electron chi connectivity index (χ0n) is 16.7. The highest BCUT2D eigenvalue weighted by Crippen LogP contribution is 2.29. The summed E-state index contributed by atoms with van der Waals surface area (Å²) in [6.45, 7) is 0.396. The second-order valence-corrected chi connectivity index (χ2v) is 6.81. The fourth-order valence-electron chi connectivity index (χ4n) is 2.68. The average molecular weight is 424 g/mol. The number of benzene rings is 3. The molecule has 0 aromatic heterocycles. The van der Waals surface area contributed by atoms with Gasteiger partial charge in [0.2, 0.25) is 5.91 Å². The highest BCUT2D eigenvalue weighted by Gasteiger charge is 2.06. The van der Waals surface area contributed by atoms with E-state index in [9.17, 15) is 4.79 Å². The van der Waals surface area contributed by atoms with Gasteiger partial charge in [0.15, 0.2) is 11.5 Å². The van der Waals surface area contributed by atoms with Gasteiger partial charge in [0, 0.05) is 16.8 Å². The van der Waals surface area contributed by atoms with Gasteiger partial charge in [-0.05, 0) is 65.7 Å². The molecule has 0 heterocycles. The van der Waals surface area contributed by atoms with Gasteiger partial charge in [-0.1, -0.05) is 29.8 Å². The second kappa shape index (κ2) is 10.4. The van der Waals surface area contributed by atoms with Gasteiger partial charge in [0.25, 0.3) is 0 Å². The first kappa shape index (κ1) is 21.3.